The number of nitrogens with zero attached hydrogens (tertiary/aromatic N) is 3. The van der Waals surface area contributed by atoms with E-state index in [0.29, 0.717) is 23.2 Å². The van der Waals surface area contributed by atoms with Crippen LogP contribution in [-0.4, -0.2) is 48.8 Å². The summed E-state index contributed by atoms with van der Waals surface area (Å²) in [6.45, 7) is 2.31. The lowest BCUT2D eigenvalue weighted by Crippen LogP contribution is -2.30. The van der Waals surface area contributed by atoms with Gasteiger partial charge in [0, 0.05) is 0 Å². The van der Waals surface area contributed by atoms with E-state index in [9.17, 15) is 4.79 Å². The number of hydrogen-bond donors (Lipinski definition) is 0. The topological polar surface area (TPSA) is 72.7 Å². The largest absolute Gasteiger partial charge is 0.497 e. The summed E-state index contributed by atoms with van der Waals surface area (Å²) in [5.41, 5.74) is 1.81. The van der Waals surface area contributed by atoms with Crippen LogP contribution in [0.4, 0.5) is 0 Å². The average Bonchev–Trinajstić information content (AvgIpc) is 3.01. The number of amides is 1. The van der Waals surface area contributed by atoms with Gasteiger partial charge in [-0.3, -0.25) is 9.69 Å². The molecule has 1 atom stereocenters. The molecule has 29 heavy (non-hydrogen) atoms. The number of carbonyl (C=O) groups is 1. The van der Waals surface area contributed by atoms with Crippen molar-refractivity contribution in [1.29, 1.82) is 0 Å². The molecule has 1 amide bonds. The van der Waals surface area contributed by atoms with E-state index in [2.05, 4.69) is 10.2 Å². The van der Waals surface area contributed by atoms with Crippen LogP contribution < -0.4 is 14.2 Å². The van der Waals surface area contributed by atoms with Gasteiger partial charge in [-0.2, -0.15) is 5.10 Å². The third-order valence-electron chi connectivity index (χ3n) is 4.38. The van der Waals surface area contributed by atoms with E-state index in [1.807, 2.05) is 43.3 Å². The van der Waals surface area contributed by atoms with Crippen LogP contribution >= 0.6 is 11.8 Å². The van der Waals surface area contributed by atoms with Crippen molar-refractivity contribution in [3.63, 3.8) is 0 Å². The molecule has 3 rings (SSSR count). The first-order chi connectivity index (χ1) is 14.0. The van der Waals surface area contributed by atoms with Gasteiger partial charge in [0.15, 0.2) is 16.7 Å². The Morgan fingerprint density at radius 1 is 1.03 bits per heavy atom. The van der Waals surface area contributed by atoms with E-state index < -0.39 is 0 Å². The van der Waals surface area contributed by atoms with Crippen LogP contribution in [0.1, 0.15) is 18.1 Å². The molecular formula is C21H23N3O4S. The first-order valence-electron chi connectivity index (χ1n) is 8.99. The fraction of sp³-hybridized carbons (Fsp3) is 0.286. The lowest BCUT2D eigenvalue weighted by molar-refractivity contribution is -0.126. The quantitative estimate of drug-likeness (QED) is 0.513. The van der Waals surface area contributed by atoms with Crippen molar-refractivity contribution in [3.8, 4) is 17.2 Å². The molecule has 1 fully saturated rings. The number of rotatable bonds is 7. The lowest BCUT2D eigenvalue weighted by atomic mass is 10.2. The third kappa shape index (κ3) is 4.89. The average molecular weight is 413 g/mol. The number of thioether (sulfide) groups is 1. The van der Waals surface area contributed by atoms with Crippen molar-refractivity contribution in [3.05, 3.63) is 53.6 Å². The number of benzene rings is 2. The maximum atomic E-state index is 12.5. The molecule has 0 unspecified atom stereocenters. The fourth-order valence-corrected chi connectivity index (χ4v) is 3.72. The minimum absolute atomic E-state index is 0.0193. The zero-order valence-electron chi connectivity index (χ0n) is 16.8. The van der Waals surface area contributed by atoms with Crippen molar-refractivity contribution in [2.75, 3.05) is 21.3 Å². The van der Waals surface area contributed by atoms with Gasteiger partial charge in [-0.25, -0.2) is 0 Å². The Kier molecular flexibility index (Phi) is 6.77. The summed E-state index contributed by atoms with van der Waals surface area (Å²) in [5, 5.41) is 8.85. The highest BCUT2D eigenvalue weighted by atomic mass is 32.2. The molecule has 2 aromatic rings. The molecule has 1 aliphatic rings. The van der Waals surface area contributed by atoms with Crippen LogP contribution in [0.2, 0.25) is 0 Å². The van der Waals surface area contributed by atoms with Crippen LogP contribution in [0.25, 0.3) is 0 Å². The third-order valence-corrected chi connectivity index (χ3v) is 5.45. The van der Waals surface area contributed by atoms with E-state index in [-0.39, 0.29) is 11.2 Å². The van der Waals surface area contributed by atoms with Crippen LogP contribution in [-0.2, 0) is 11.3 Å². The van der Waals surface area contributed by atoms with E-state index >= 15 is 0 Å². The van der Waals surface area contributed by atoms with Gasteiger partial charge in [0.2, 0.25) is 5.91 Å². The molecule has 0 saturated carbocycles. The Labute approximate surface area is 174 Å². The summed E-state index contributed by atoms with van der Waals surface area (Å²) in [4.78, 5) is 14.2. The Hall–Kier alpha value is -3.00. The van der Waals surface area contributed by atoms with Gasteiger partial charge < -0.3 is 14.2 Å². The number of methoxy groups -OCH3 is 3. The molecule has 0 aromatic heterocycles. The Morgan fingerprint density at radius 2 is 1.76 bits per heavy atom. The minimum Gasteiger partial charge on any atom is -0.497 e. The van der Waals surface area contributed by atoms with Gasteiger partial charge in [-0.1, -0.05) is 23.9 Å². The zero-order chi connectivity index (χ0) is 20.8. The monoisotopic (exact) mass is 413 g/mol. The molecular weight excluding hydrogens is 390 g/mol. The second-order valence-corrected chi connectivity index (χ2v) is 7.58. The first kappa shape index (κ1) is 20.7. The second-order valence-electron chi connectivity index (χ2n) is 6.27. The van der Waals surface area contributed by atoms with Crippen LogP contribution in [0.15, 0.2) is 52.7 Å². The van der Waals surface area contributed by atoms with E-state index in [1.54, 1.807) is 38.5 Å². The first-order valence-corrected chi connectivity index (χ1v) is 9.87. The standard InChI is InChI=1S/C21H23N3O4S/c1-14-20(25)24(13-15-5-8-17(26-2)9-6-15)21(29-14)23-22-12-16-7-10-18(27-3)19(11-16)28-4/h5-12,14H,13H2,1-4H3/b22-12-,23-21-/t14-/m0/s1. The molecule has 8 heteroatoms. The molecule has 0 radical (unpaired) electrons. The van der Waals surface area contributed by atoms with Gasteiger partial charge in [0.25, 0.3) is 0 Å². The predicted octanol–water partition coefficient (Wildman–Crippen LogP) is 3.57. The Balaban J connectivity index is 1.77. The summed E-state index contributed by atoms with van der Waals surface area (Å²) in [6, 6.07) is 13.1. The van der Waals surface area contributed by atoms with Gasteiger partial charge >= 0.3 is 0 Å². The normalized spacial score (nSPS) is 17.9. The summed E-state index contributed by atoms with van der Waals surface area (Å²) in [5.74, 6) is 2.06. The summed E-state index contributed by atoms with van der Waals surface area (Å²) in [6.07, 6.45) is 1.62. The predicted molar refractivity (Wildman–Crippen MR) is 115 cm³/mol. The minimum atomic E-state index is -0.191. The molecule has 0 aliphatic carbocycles. The molecule has 2 aromatic carbocycles. The zero-order valence-corrected chi connectivity index (χ0v) is 17.6. The lowest BCUT2D eigenvalue weighted by Gasteiger charge is -2.15. The van der Waals surface area contributed by atoms with Crippen molar-refractivity contribution in [2.24, 2.45) is 10.2 Å². The second kappa shape index (κ2) is 9.47. The smallest absolute Gasteiger partial charge is 0.242 e. The van der Waals surface area contributed by atoms with Crippen molar-refractivity contribution in [1.82, 2.24) is 4.90 Å². The van der Waals surface area contributed by atoms with E-state index in [1.165, 1.54) is 11.8 Å². The molecule has 0 bridgehead atoms. The maximum absolute atomic E-state index is 12.5. The number of hydrogen-bond acceptors (Lipinski definition) is 7. The van der Waals surface area contributed by atoms with Crippen molar-refractivity contribution >= 4 is 29.1 Å². The molecule has 1 heterocycles. The Bertz CT molecular complexity index is 928. The van der Waals surface area contributed by atoms with Gasteiger partial charge in [-0.15, -0.1) is 5.10 Å². The van der Waals surface area contributed by atoms with Crippen LogP contribution in [0.3, 0.4) is 0 Å². The van der Waals surface area contributed by atoms with Crippen molar-refractivity contribution < 1.29 is 19.0 Å². The van der Waals surface area contributed by atoms with Gasteiger partial charge in [-0.05, 0) is 48.4 Å². The number of ether oxygens (including phenoxy) is 3. The SMILES string of the molecule is COc1ccc(CN2C(=O)[C@H](C)S/C2=N\N=C/c2ccc(OC)c(OC)c2)cc1. The highest BCUT2D eigenvalue weighted by Crippen LogP contribution is 2.29. The Morgan fingerprint density at radius 3 is 2.41 bits per heavy atom. The molecule has 1 saturated heterocycles. The summed E-state index contributed by atoms with van der Waals surface area (Å²) < 4.78 is 15.7. The van der Waals surface area contributed by atoms with E-state index in [0.717, 1.165) is 16.9 Å². The van der Waals surface area contributed by atoms with Crippen LogP contribution in [0, 0.1) is 0 Å². The summed E-state index contributed by atoms with van der Waals surface area (Å²) >= 11 is 1.40. The number of carbonyl (C=O) groups excluding carboxylic acids is 1. The number of amidine groups is 1. The summed E-state index contributed by atoms with van der Waals surface area (Å²) in [7, 11) is 4.79. The molecule has 152 valence electrons. The fourth-order valence-electron chi connectivity index (χ4n) is 2.80. The molecule has 0 spiro atoms. The van der Waals surface area contributed by atoms with Crippen LogP contribution in [0.5, 0.6) is 17.2 Å². The molecule has 7 nitrogen and oxygen atoms in total. The van der Waals surface area contributed by atoms with Gasteiger partial charge in [0.1, 0.15) is 5.75 Å². The highest BCUT2D eigenvalue weighted by Gasteiger charge is 2.35. The van der Waals surface area contributed by atoms with Gasteiger partial charge in [0.05, 0.1) is 39.3 Å². The van der Waals surface area contributed by atoms with Crippen molar-refractivity contribution in [2.45, 2.75) is 18.7 Å². The maximum Gasteiger partial charge on any atom is 0.242 e. The highest BCUT2D eigenvalue weighted by molar-refractivity contribution is 8.15. The molecule has 0 N–H and O–H groups in total. The van der Waals surface area contributed by atoms with E-state index in [4.69, 9.17) is 14.2 Å². The molecule has 1 aliphatic heterocycles.